The highest BCUT2D eigenvalue weighted by molar-refractivity contribution is 5.99. The molecule has 2 aromatic carbocycles. The average Bonchev–Trinajstić information content (AvgIpc) is 2.56. The normalized spacial score (nSPS) is 11.7. The van der Waals surface area contributed by atoms with E-state index in [0.717, 1.165) is 6.07 Å². The molecule has 0 fully saturated rings. The fourth-order valence-corrected chi connectivity index (χ4v) is 1.86. The molecule has 0 saturated heterocycles. The van der Waals surface area contributed by atoms with E-state index in [0.29, 0.717) is 5.69 Å². The van der Waals surface area contributed by atoms with Crippen molar-refractivity contribution in [1.29, 1.82) is 0 Å². The monoisotopic (exact) mass is 337 g/mol. The molecule has 0 aromatic heterocycles. The van der Waals surface area contributed by atoms with Crippen molar-refractivity contribution in [3.8, 4) is 0 Å². The standard InChI is InChI=1S/C16H17F2N3O3/c17-10-1-3-11(4-2-10)20-16(24)21-12-5-6-15(14(18)7-12)19-8-13(23)9-22/h1-7,13,19,22-23H,8-9H2,(H2,20,21,24). The predicted octanol–water partition coefficient (Wildman–Crippen LogP) is 2.37. The number of halogens is 2. The molecule has 8 heteroatoms. The van der Waals surface area contributed by atoms with E-state index in [1.54, 1.807) is 0 Å². The summed E-state index contributed by atoms with van der Waals surface area (Å²) in [6.07, 6.45) is -0.997. The van der Waals surface area contributed by atoms with Gasteiger partial charge in [0.2, 0.25) is 0 Å². The maximum atomic E-state index is 13.9. The van der Waals surface area contributed by atoms with Crippen molar-refractivity contribution < 1.29 is 23.8 Å². The topological polar surface area (TPSA) is 93.6 Å². The molecule has 2 rings (SSSR count). The number of hydrogen-bond acceptors (Lipinski definition) is 4. The van der Waals surface area contributed by atoms with Gasteiger partial charge in [0.15, 0.2) is 0 Å². The van der Waals surface area contributed by atoms with E-state index in [9.17, 15) is 18.7 Å². The molecule has 1 atom stereocenters. The first-order valence-electron chi connectivity index (χ1n) is 7.14. The molecule has 0 aliphatic carbocycles. The highest BCUT2D eigenvalue weighted by atomic mass is 19.1. The molecule has 0 bridgehead atoms. The minimum absolute atomic E-state index is 0.00868. The first-order valence-corrected chi connectivity index (χ1v) is 7.14. The van der Waals surface area contributed by atoms with Crippen LogP contribution in [0, 0.1) is 11.6 Å². The summed E-state index contributed by atoms with van der Waals surface area (Å²) < 4.78 is 26.7. The second-order valence-corrected chi connectivity index (χ2v) is 5.00. The Morgan fingerprint density at radius 2 is 1.67 bits per heavy atom. The van der Waals surface area contributed by atoms with Gasteiger partial charge in [0.25, 0.3) is 0 Å². The number of amides is 2. The van der Waals surface area contributed by atoms with Crippen LogP contribution in [0.2, 0.25) is 0 Å². The van der Waals surface area contributed by atoms with Gasteiger partial charge in [0, 0.05) is 17.9 Å². The molecule has 2 aromatic rings. The van der Waals surface area contributed by atoms with Crippen LogP contribution in [0.3, 0.4) is 0 Å². The Kier molecular flexibility index (Phi) is 6.05. The molecule has 0 radical (unpaired) electrons. The van der Waals surface area contributed by atoms with Crippen LogP contribution in [0.4, 0.5) is 30.6 Å². The highest BCUT2D eigenvalue weighted by Gasteiger charge is 2.08. The SMILES string of the molecule is O=C(Nc1ccc(F)cc1)Nc1ccc(NCC(O)CO)c(F)c1. The zero-order chi connectivity index (χ0) is 17.5. The van der Waals surface area contributed by atoms with Crippen LogP contribution in [0.5, 0.6) is 0 Å². The van der Waals surface area contributed by atoms with E-state index >= 15 is 0 Å². The molecule has 0 aliphatic rings. The molecular formula is C16H17F2N3O3. The summed E-state index contributed by atoms with van der Waals surface area (Å²) in [5.41, 5.74) is 0.748. The van der Waals surface area contributed by atoms with Crippen molar-refractivity contribution in [2.75, 3.05) is 29.1 Å². The number of hydrogen-bond donors (Lipinski definition) is 5. The predicted molar refractivity (Wildman–Crippen MR) is 87.0 cm³/mol. The summed E-state index contributed by atoms with van der Waals surface area (Å²) in [6, 6.07) is 8.58. The van der Waals surface area contributed by atoms with Gasteiger partial charge in [-0.25, -0.2) is 13.6 Å². The third-order valence-corrected chi connectivity index (χ3v) is 3.07. The fraction of sp³-hybridized carbons (Fsp3) is 0.188. The Bertz CT molecular complexity index is 695. The van der Waals surface area contributed by atoms with E-state index in [1.807, 2.05) is 0 Å². The zero-order valence-corrected chi connectivity index (χ0v) is 12.6. The number of anilines is 3. The smallest absolute Gasteiger partial charge is 0.323 e. The number of benzene rings is 2. The Morgan fingerprint density at radius 1 is 1.04 bits per heavy atom. The van der Waals surface area contributed by atoms with Crippen LogP contribution < -0.4 is 16.0 Å². The van der Waals surface area contributed by atoms with Gasteiger partial charge in [0.1, 0.15) is 11.6 Å². The number of urea groups is 1. The molecule has 2 amide bonds. The number of carbonyl (C=O) groups excluding carboxylic acids is 1. The van der Waals surface area contributed by atoms with Gasteiger partial charge in [-0.05, 0) is 42.5 Å². The van der Waals surface area contributed by atoms with Crippen molar-refractivity contribution in [1.82, 2.24) is 0 Å². The quantitative estimate of drug-likeness (QED) is 0.559. The summed E-state index contributed by atoms with van der Waals surface area (Å²) in [5, 5.41) is 25.5. The van der Waals surface area contributed by atoms with Crippen LogP contribution in [0.15, 0.2) is 42.5 Å². The maximum absolute atomic E-state index is 13.9. The van der Waals surface area contributed by atoms with Crippen LogP contribution in [0.25, 0.3) is 0 Å². The van der Waals surface area contributed by atoms with E-state index in [2.05, 4.69) is 16.0 Å². The van der Waals surface area contributed by atoms with Crippen molar-refractivity contribution in [2.24, 2.45) is 0 Å². The molecule has 0 aliphatic heterocycles. The molecule has 24 heavy (non-hydrogen) atoms. The van der Waals surface area contributed by atoms with Crippen molar-refractivity contribution in [3.05, 3.63) is 54.1 Å². The van der Waals surface area contributed by atoms with E-state index < -0.39 is 30.4 Å². The van der Waals surface area contributed by atoms with Crippen LogP contribution in [0.1, 0.15) is 0 Å². The summed E-state index contributed by atoms with van der Waals surface area (Å²) in [7, 11) is 0. The number of carbonyl (C=O) groups is 1. The zero-order valence-electron chi connectivity index (χ0n) is 12.6. The lowest BCUT2D eigenvalue weighted by atomic mass is 10.2. The number of rotatable bonds is 6. The fourth-order valence-electron chi connectivity index (χ4n) is 1.86. The number of nitrogens with one attached hydrogen (secondary N) is 3. The molecule has 6 nitrogen and oxygen atoms in total. The van der Waals surface area contributed by atoms with Gasteiger partial charge in [0.05, 0.1) is 18.4 Å². The van der Waals surface area contributed by atoms with Gasteiger partial charge < -0.3 is 26.2 Å². The molecule has 5 N–H and O–H groups in total. The van der Waals surface area contributed by atoms with Crippen LogP contribution >= 0.6 is 0 Å². The minimum atomic E-state index is -0.997. The summed E-state index contributed by atoms with van der Waals surface area (Å²) in [5.74, 6) is -1.04. The molecule has 1 unspecified atom stereocenters. The first kappa shape index (κ1) is 17.6. The van der Waals surface area contributed by atoms with E-state index in [-0.39, 0.29) is 17.9 Å². The van der Waals surface area contributed by atoms with Gasteiger partial charge >= 0.3 is 6.03 Å². The number of aliphatic hydroxyl groups is 2. The molecule has 128 valence electrons. The molecular weight excluding hydrogens is 320 g/mol. The Labute approximate surface area is 137 Å². The Morgan fingerprint density at radius 3 is 2.29 bits per heavy atom. The van der Waals surface area contributed by atoms with Crippen molar-refractivity contribution in [2.45, 2.75) is 6.10 Å². The van der Waals surface area contributed by atoms with Gasteiger partial charge in [-0.1, -0.05) is 0 Å². The lowest BCUT2D eigenvalue weighted by Gasteiger charge is -2.12. The largest absolute Gasteiger partial charge is 0.394 e. The lowest BCUT2D eigenvalue weighted by molar-refractivity contribution is 0.105. The van der Waals surface area contributed by atoms with Crippen molar-refractivity contribution in [3.63, 3.8) is 0 Å². The molecule has 0 saturated carbocycles. The third kappa shape index (κ3) is 5.18. The van der Waals surface area contributed by atoms with Gasteiger partial charge in [-0.2, -0.15) is 0 Å². The van der Waals surface area contributed by atoms with Crippen LogP contribution in [-0.2, 0) is 0 Å². The van der Waals surface area contributed by atoms with Crippen LogP contribution in [-0.4, -0.2) is 35.5 Å². The maximum Gasteiger partial charge on any atom is 0.323 e. The third-order valence-electron chi connectivity index (χ3n) is 3.07. The van der Waals surface area contributed by atoms with Crippen molar-refractivity contribution >= 4 is 23.1 Å². The van der Waals surface area contributed by atoms with E-state index in [4.69, 9.17) is 5.11 Å². The Balaban J connectivity index is 1.93. The average molecular weight is 337 g/mol. The highest BCUT2D eigenvalue weighted by Crippen LogP contribution is 2.19. The summed E-state index contributed by atoms with van der Waals surface area (Å²) in [4.78, 5) is 11.8. The first-order chi connectivity index (χ1) is 11.5. The molecule has 0 spiro atoms. The minimum Gasteiger partial charge on any atom is -0.394 e. The summed E-state index contributed by atoms with van der Waals surface area (Å²) in [6.45, 7) is -0.441. The van der Waals surface area contributed by atoms with Gasteiger partial charge in [-0.15, -0.1) is 0 Å². The lowest BCUT2D eigenvalue weighted by Crippen LogP contribution is -2.23. The molecule has 0 heterocycles. The number of aliphatic hydroxyl groups excluding tert-OH is 2. The summed E-state index contributed by atoms with van der Waals surface area (Å²) >= 11 is 0. The van der Waals surface area contributed by atoms with E-state index in [1.165, 1.54) is 36.4 Å². The Hall–Kier alpha value is -2.71. The second kappa shape index (κ2) is 8.23. The van der Waals surface area contributed by atoms with Gasteiger partial charge in [-0.3, -0.25) is 0 Å². The second-order valence-electron chi connectivity index (χ2n) is 5.00.